The lowest BCUT2D eigenvalue weighted by molar-refractivity contribution is -0.139. The number of aryl methyl sites for hydroxylation is 1. The number of carbonyl (C=O) groups is 1. The first kappa shape index (κ1) is 18.4. The Hall–Kier alpha value is -2.96. The van der Waals surface area contributed by atoms with Crippen molar-refractivity contribution in [2.45, 2.75) is 13.5 Å². The fraction of sp³-hybridized carbons (Fsp3) is 0.0952. The Morgan fingerprint density at radius 3 is 2.93 bits per heavy atom. The molecule has 0 amide bonds. The summed E-state index contributed by atoms with van der Waals surface area (Å²) in [5.41, 5.74) is 1.61. The topological polar surface area (TPSA) is 60.7 Å². The smallest absolute Gasteiger partial charge is 0.331 e. The Bertz CT molecular complexity index is 1290. The maximum atomic E-state index is 12.2. The van der Waals surface area contributed by atoms with E-state index < -0.39 is 5.97 Å². The molecule has 3 aromatic heterocycles. The van der Waals surface area contributed by atoms with Crippen LogP contribution in [-0.2, 0) is 16.1 Å². The maximum Gasteiger partial charge on any atom is 0.331 e. The van der Waals surface area contributed by atoms with Gasteiger partial charge in [-0.25, -0.2) is 9.78 Å². The second kappa shape index (κ2) is 7.58. The van der Waals surface area contributed by atoms with Crippen molar-refractivity contribution in [3.05, 3.63) is 86.2 Å². The highest BCUT2D eigenvalue weighted by atomic mass is 35.5. The lowest BCUT2D eigenvalue weighted by atomic mass is 10.2. The van der Waals surface area contributed by atoms with Gasteiger partial charge >= 0.3 is 5.97 Å². The molecule has 0 aliphatic heterocycles. The maximum absolute atomic E-state index is 12.2. The minimum atomic E-state index is -0.527. The molecule has 0 aliphatic rings. The van der Waals surface area contributed by atoms with Gasteiger partial charge in [0.2, 0.25) is 0 Å². The Morgan fingerprint density at radius 1 is 1.29 bits per heavy atom. The highest BCUT2D eigenvalue weighted by molar-refractivity contribution is 7.20. The lowest BCUT2D eigenvalue weighted by Gasteiger charge is -2.06. The van der Waals surface area contributed by atoms with Gasteiger partial charge < -0.3 is 4.74 Å². The van der Waals surface area contributed by atoms with Crippen LogP contribution in [0, 0.1) is 6.92 Å². The van der Waals surface area contributed by atoms with Gasteiger partial charge in [-0.05, 0) is 30.7 Å². The van der Waals surface area contributed by atoms with Crippen molar-refractivity contribution < 1.29 is 9.53 Å². The number of ether oxygens (including phenoxy) is 1. The van der Waals surface area contributed by atoms with Crippen LogP contribution in [0.3, 0.4) is 0 Å². The first-order valence-electron chi connectivity index (χ1n) is 8.53. The van der Waals surface area contributed by atoms with Crippen LogP contribution in [0.15, 0.2) is 59.5 Å². The number of halogens is 1. The predicted molar refractivity (Wildman–Crippen MR) is 112 cm³/mol. The van der Waals surface area contributed by atoms with E-state index in [2.05, 4.69) is 4.98 Å². The monoisotopic (exact) mass is 410 g/mol. The van der Waals surface area contributed by atoms with E-state index in [1.807, 2.05) is 37.3 Å². The van der Waals surface area contributed by atoms with Gasteiger partial charge in [0.1, 0.15) is 12.3 Å². The van der Waals surface area contributed by atoms with Crippen LogP contribution < -0.4 is 5.56 Å². The second-order valence-corrected chi connectivity index (χ2v) is 7.65. The number of aromatic nitrogens is 2. The zero-order chi connectivity index (χ0) is 19.7. The van der Waals surface area contributed by atoms with Gasteiger partial charge in [-0.3, -0.25) is 9.20 Å². The average Bonchev–Trinajstić information content (AvgIpc) is 3.02. The third kappa shape index (κ3) is 3.56. The van der Waals surface area contributed by atoms with Crippen molar-refractivity contribution in [1.82, 2.24) is 9.38 Å². The number of pyridine rings is 1. The SMILES string of the molecule is Cc1cccn2c(=O)cc(COC(=O)C=Cc3sc4ccccc4c3Cl)nc12. The Balaban J connectivity index is 1.49. The number of thiophene rings is 1. The van der Waals surface area contributed by atoms with E-state index in [0.717, 1.165) is 20.5 Å². The van der Waals surface area contributed by atoms with Crippen molar-refractivity contribution in [2.24, 2.45) is 0 Å². The molecule has 0 unspecified atom stereocenters. The standard InChI is InChI=1S/C21H15ClN2O3S/c1-13-5-4-10-24-18(25)11-14(23-21(13)24)12-27-19(26)9-8-17-20(22)15-6-2-3-7-16(15)28-17/h2-11H,12H2,1H3. The number of hydrogen-bond acceptors (Lipinski definition) is 5. The van der Waals surface area contributed by atoms with Crippen LogP contribution in [0.5, 0.6) is 0 Å². The highest BCUT2D eigenvalue weighted by Gasteiger charge is 2.09. The van der Waals surface area contributed by atoms with Crippen LogP contribution in [0.1, 0.15) is 16.1 Å². The summed E-state index contributed by atoms with van der Waals surface area (Å²) < 4.78 is 7.75. The van der Waals surface area contributed by atoms with Crippen molar-refractivity contribution in [3.63, 3.8) is 0 Å². The van der Waals surface area contributed by atoms with E-state index in [-0.39, 0.29) is 12.2 Å². The Labute approximate surface area is 169 Å². The minimum Gasteiger partial charge on any atom is -0.456 e. The zero-order valence-corrected chi connectivity index (χ0v) is 16.5. The predicted octanol–water partition coefficient (Wildman–Crippen LogP) is 4.63. The summed E-state index contributed by atoms with van der Waals surface area (Å²) in [5, 5.41) is 1.57. The summed E-state index contributed by atoms with van der Waals surface area (Å²) in [5.74, 6) is -0.527. The normalized spacial score (nSPS) is 11.5. The average molecular weight is 411 g/mol. The van der Waals surface area contributed by atoms with E-state index in [9.17, 15) is 9.59 Å². The van der Waals surface area contributed by atoms with Crippen molar-refractivity contribution >= 4 is 50.7 Å². The number of esters is 1. The summed E-state index contributed by atoms with van der Waals surface area (Å²) in [6, 6.07) is 12.8. The van der Waals surface area contributed by atoms with Gasteiger partial charge in [-0.15, -0.1) is 11.3 Å². The zero-order valence-electron chi connectivity index (χ0n) is 14.9. The summed E-state index contributed by atoms with van der Waals surface area (Å²) >= 11 is 7.86. The number of rotatable bonds is 4. The van der Waals surface area contributed by atoms with E-state index in [0.29, 0.717) is 16.4 Å². The van der Waals surface area contributed by atoms with Gasteiger partial charge in [-0.2, -0.15) is 0 Å². The molecule has 140 valence electrons. The lowest BCUT2D eigenvalue weighted by Crippen LogP contribution is -2.17. The summed E-state index contributed by atoms with van der Waals surface area (Å²) in [4.78, 5) is 29.5. The van der Waals surface area contributed by atoms with Gasteiger partial charge in [0.05, 0.1) is 10.7 Å². The minimum absolute atomic E-state index is 0.0800. The molecule has 28 heavy (non-hydrogen) atoms. The van der Waals surface area contributed by atoms with Gasteiger partial charge in [0.25, 0.3) is 5.56 Å². The molecule has 0 atom stereocenters. The van der Waals surface area contributed by atoms with Crippen LogP contribution in [0.2, 0.25) is 5.02 Å². The summed E-state index contributed by atoms with van der Waals surface area (Å²) in [7, 11) is 0. The molecule has 5 nitrogen and oxygen atoms in total. The van der Waals surface area contributed by atoms with Gasteiger partial charge in [0, 0.05) is 33.3 Å². The number of benzene rings is 1. The first-order chi connectivity index (χ1) is 13.5. The van der Waals surface area contributed by atoms with Gasteiger partial charge in [0.15, 0.2) is 0 Å². The van der Waals surface area contributed by atoms with Crippen LogP contribution in [0.25, 0.3) is 21.8 Å². The molecule has 0 saturated heterocycles. The molecule has 0 spiro atoms. The third-order valence-electron chi connectivity index (χ3n) is 4.23. The summed E-state index contributed by atoms with van der Waals surface area (Å²) in [6.07, 6.45) is 4.63. The van der Waals surface area contributed by atoms with E-state index in [1.165, 1.54) is 27.9 Å². The first-order valence-corrected chi connectivity index (χ1v) is 9.72. The molecule has 3 heterocycles. The Kier molecular flexibility index (Phi) is 4.98. The highest BCUT2D eigenvalue weighted by Crippen LogP contribution is 2.35. The summed E-state index contributed by atoms with van der Waals surface area (Å²) in [6.45, 7) is 1.79. The van der Waals surface area contributed by atoms with Crippen LogP contribution in [0.4, 0.5) is 0 Å². The fourth-order valence-corrected chi connectivity index (χ4v) is 4.26. The molecule has 1 aromatic carbocycles. The molecule has 0 saturated carbocycles. The molecule has 0 aliphatic carbocycles. The molecule has 4 rings (SSSR count). The van der Waals surface area contributed by atoms with E-state index in [4.69, 9.17) is 16.3 Å². The molecule has 0 bridgehead atoms. The van der Waals surface area contributed by atoms with Gasteiger partial charge in [-0.1, -0.05) is 35.9 Å². The molecule has 4 aromatic rings. The molecule has 7 heteroatoms. The molecule has 0 fully saturated rings. The van der Waals surface area contributed by atoms with E-state index in [1.54, 1.807) is 18.3 Å². The fourth-order valence-electron chi connectivity index (χ4n) is 2.86. The number of fused-ring (bicyclic) bond motifs is 2. The molecule has 0 N–H and O–H groups in total. The molecule has 0 radical (unpaired) electrons. The van der Waals surface area contributed by atoms with Crippen molar-refractivity contribution in [3.8, 4) is 0 Å². The van der Waals surface area contributed by atoms with Crippen LogP contribution in [-0.4, -0.2) is 15.4 Å². The van der Waals surface area contributed by atoms with Crippen molar-refractivity contribution in [1.29, 1.82) is 0 Å². The van der Waals surface area contributed by atoms with Crippen molar-refractivity contribution in [2.75, 3.05) is 0 Å². The Morgan fingerprint density at radius 2 is 2.11 bits per heavy atom. The molecular formula is C21H15ClN2O3S. The quantitative estimate of drug-likeness (QED) is 0.363. The number of hydrogen-bond donors (Lipinski definition) is 0. The second-order valence-electron chi connectivity index (χ2n) is 6.19. The van der Waals surface area contributed by atoms with Crippen LogP contribution >= 0.6 is 22.9 Å². The largest absolute Gasteiger partial charge is 0.456 e. The number of nitrogens with zero attached hydrogens (tertiary/aromatic N) is 2. The number of carbonyl (C=O) groups excluding carboxylic acids is 1. The van der Waals surface area contributed by atoms with E-state index >= 15 is 0 Å². The third-order valence-corrected chi connectivity index (χ3v) is 5.89. The molecular weight excluding hydrogens is 396 g/mol.